The van der Waals surface area contributed by atoms with Gasteiger partial charge in [0.1, 0.15) is 5.75 Å². The third-order valence-electron chi connectivity index (χ3n) is 4.76. The Hall–Kier alpha value is -1.32. The van der Waals surface area contributed by atoms with Crippen molar-refractivity contribution in [2.24, 2.45) is 4.99 Å². The predicted molar refractivity (Wildman–Crippen MR) is 124 cm³/mol. The summed E-state index contributed by atoms with van der Waals surface area (Å²) in [4.78, 5) is 8.37. The number of guanidine groups is 1. The number of benzene rings is 1. The number of hydrogen-bond acceptors (Lipinski definition) is 4. The maximum absolute atomic E-state index is 5.20. The Kier molecular flexibility index (Phi) is 9.36. The molecule has 0 saturated carbocycles. The highest BCUT2D eigenvalue weighted by Gasteiger charge is 2.24. The molecule has 1 saturated heterocycles. The van der Waals surface area contributed by atoms with Crippen LogP contribution in [0.15, 0.2) is 46.8 Å². The van der Waals surface area contributed by atoms with Crippen LogP contribution in [0.5, 0.6) is 5.75 Å². The monoisotopic (exact) mass is 500 g/mol. The summed E-state index contributed by atoms with van der Waals surface area (Å²) in [6.07, 6.45) is 2.60. The molecular weight excluding hydrogens is 471 g/mol. The number of ether oxygens (including phenoxy) is 1. The molecule has 2 N–H and O–H groups in total. The van der Waals surface area contributed by atoms with Gasteiger partial charge in [0.25, 0.3) is 0 Å². The zero-order valence-electron chi connectivity index (χ0n) is 16.0. The van der Waals surface area contributed by atoms with Crippen LogP contribution in [-0.2, 0) is 6.54 Å². The highest BCUT2D eigenvalue weighted by atomic mass is 127. The number of likely N-dealkylation sites (tertiary alicyclic amines) is 1. The topological polar surface area (TPSA) is 48.9 Å². The van der Waals surface area contributed by atoms with Crippen molar-refractivity contribution in [1.29, 1.82) is 0 Å². The van der Waals surface area contributed by atoms with Gasteiger partial charge in [-0.15, -0.1) is 35.3 Å². The van der Waals surface area contributed by atoms with Gasteiger partial charge in [0.05, 0.1) is 13.2 Å². The molecule has 7 heteroatoms. The van der Waals surface area contributed by atoms with Crippen molar-refractivity contribution in [3.63, 3.8) is 0 Å². The fraction of sp³-hybridized carbons (Fsp3) is 0.450. The van der Waals surface area contributed by atoms with Crippen molar-refractivity contribution >= 4 is 41.3 Å². The zero-order chi connectivity index (χ0) is 18.2. The highest BCUT2D eigenvalue weighted by Crippen LogP contribution is 2.27. The Labute approximate surface area is 183 Å². The average molecular weight is 500 g/mol. The summed E-state index contributed by atoms with van der Waals surface area (Å²) in [6, 6.07) is 12.9. The molecule has 1 atom stereocenters. The van der Waals surface area contributed by atoms with E-state index in [1.165, 1.54) is 36.4 Å². The number of nitrogens with one attached hydrogen (secondary N) is 2. The molecule has 1 unspecified atom stereocenters. The van der Waals surface area contributed by atoms with E-state index < -0.39 is 0 Å². The fourth-order valence-corrected chi connectivity index (χ4v) is 4.15. The van der Waals surface area contributed by atoms with E-state index >= 15 is 0 Å². The van der Waals surface area contributed by atoms with Crippen molar-refractivity contribution in [3.05, 3.63) is 52.2 Å². The first-order chi connectivity index (χ1) is 12.8. The van der Waals surface area contributed by atoms with E-state index in [1.54, 1.807) is 7.11 Å². The second-order valence-electron chi connectivity index (χ2n) is 6.43. The molecule has 5 nitrogen and oxygen atoms in total. The van der Waals surface area contributed by atoms with E-state index in [4.69, 9.17) is 4.74 Å². The summed E-state index contributed by atoms with van der Waals surface area (Å²) in [5.74, 6) is 1.71. The van der Waals surface area contributed by atoms with Crippen molar-refractivity contribution in [1.82, 2.24) is 15.5 Å². The Morgan fingerprint density at radius 1 is 1.19 bits per heavy atom. The molecule has 3 rings (SSSR count). The van der Waals surface area contributed by atoms with E-state index in [1.807, 2.05) is 30.5 Å². The van der Waals surface area contributed by atoms with Crippen LogP contribution in [-0.4, -0.2) is 44.7 Å². The van der Waals surface area contributed by atoms with Gasteiger partial charge in [-0.05, 0) is 55.1 Å². The molecule has 1 aliphatic heterocycles. The standard InChI is InChI=1S/C20H28N4OS.HI/c1-21-20(22-14-16-7-9-17(25-2)10-8-16)23-15-18(19-6-5-13-26-19)24-11-3-4-12-24;/h5-10,13,18H,3-4,11-12,14-15H2,1-2H3,(H2,21,22,23);1H. The molecule has 0 bridgehead atoms. The summed E-state index contributed by atoms with van der Waals surface area (Å²) >= 11 is 1.84. The zero-order valence-corrected chi connectivity index (χ0v) is 19.1. The number of methoxy groups -OCH3 is 1. The molecule has 148 valence electrons. The minimum absolute atomic E-state index is 0. The largest absolute Gasteiger partial charge is 0.497 e. The highest BCUT2D eigenvalue weighted by molar-refractivity contribution is 14.0. The van der Waals surface area contributed by atoms with E-state index in [2.05, 4.69) is 50.2 Å². The Morgan fingerprint density at radius 3 is 2.52 bits per heavy atom. The number of halogens is 1. The number of hydrogen-bond donors (Lipinski definition) is 2. The lowest BCUT2D eigenvalue weighted by atomic mass is 10.2. The Bertz CT molecular complexity index is 685. The summed E-state index contributed by atoms with van der Waals surface area (Å²) in [6.45, 7) is 3.96. The first kappa shape index (κ1) is 22.0. The number of thiophene rings is 1. The second-order valence-corrected chi connectivity index (χ2v) is 7.41. The Balaban J connectivity index is 0.00000261. The summed E-state index contributed by atoms with van der Waals surface area (Å²) in [5, 5.41) is 9.07. The van der Waals surface area contributed by atoms with Crippen LogP contribution in [0.1, 0.15) is 29.3 Å². The maximum atomic E-state index is 5.20. The van der Waals surface area contributed by atoms with Crippen LogP contribution in [0.4, 0.5) is 0 Å². The third kappa shape index (κ3) is 6.36. The number of aliphatic imine (C=N–C) groups is 1. The molecule has 27 heavy (non-hydrogen) atoms. The van der Waals surface area contributed by atoms with Crippen LogP contribution in [0.3, 0.4) is 0 Å². The summed E-state index contributed by atoms with van der Waals surface area (Å²) in [7, 11) is 3.50. The van der Waals surface area contributed by atoms with Gasteiger partial charge in [-0.3, -0.25) is 9.89 Å². The minimum atomic E-state index is 0. The predicted octanol–water partition coefficient (Wildman–Crippen LogP) is 3.88. The molecule has 1 fully saturated rings. The number of nitrogens with zero attached hydrogens (tertiary/aromatic N) is 2. The van der Waals surface area contributed by atoms with Gasteiger partial charge in [0.15, 0.2) is 5.96 Å². The lowest BCUT2D eigenvalue weighted by molar-refractivity contribution is 0.249. The molecule has 0 amide bonds. The number of rotatable bonds is 7. The van der Waals surface area contributed by atoms with Gasteiger partial charge in [0.2, 0.25) is 0 Å². The molecule has 0 spiro atoms. The van der Waals surface area contributed by atoms with Gasteiger partial charge >= 0.3 is 0 Å². The first-order valence-electron chi connectivity index (χ1n) is 9.15. The van der Waals surface area contributed by atoms with E-state index in [0.29, 0.717) is 6.04 Å². The minimum Gasteiger partial charge on any atom is -0.497 e. The molecule has 1 aliphatic rings. The van der Waals surface area contributed by atoms with Crippen LogP contribution >= 0.6 is 35.3 Å². The smallest absolute Gasteiger partial charge is 0.191 e. The van der Waals surface area contributed by atoms with E-state index in [0.717, 1.165) is 24.8 Å². The van der Waals surface area contributed by atoms with E-state index in [9.17, 15) is 0 Å². The van der Waals surface area contributed by atoms with Gasteiger partial charge < -0.3 is 15.4 Å². The van der Waals surface area contributed by atoms with Crippen LogP contribution in [0.25, 0.3) is 0 Å². The van der Waals surface area contributed by atoms with Crippen molar-refractivity contribution in [2.75, 3.05) is 33.8 Å². The van der Waals surface area contributed by atoms with Crippen LogP contribution < -0.4 is 15.4 Å². The molecular formula is C20H29IN4OS. The Morgan fingerprint density at radius 2 is 1.93 bits per heavy atom. The van der Waals surface area contributed by atoms with Gasteiger partial charge in [-0.1, -0.05) is 18.2 Å². The molecule has 2 heterocycles. The van der Waals surface area contributed by atoms with Gasteiger partial charge in [-0.25, -0.2) is 0 Å². The normalized spacial score (nSPS) is 15.9. The second kappa shape index (κ2) is 11.5. The molecule has 2 aromatic rings. The summed E-state index contributed by atoms with van der Waals surface area (Å²) < 4.78 is 5.20. The quantitative estimate of drug-likeness (QED) is 0.344. The van der Waals surface area contributed by atoms with E-state index in [-0.39, 0.29) is 24.0 Å². The molecule has 0 aliphatic carbocycles. The van der Waals surface area contributed by atoms with Crippen molar-refractivity contribution in [3.8, 4) is 5.75 Å². The average Bonchev–Trinajstić information content (AvgIpc) is 3.39. The molecule has 1 aromatic carbocycles. The first-order valence-corrected chi connectivity index (χ1v) is 10.0. The fourth-order valence-electron chi connectivity index (χ4n) is 3.29. The lowest BCUT2D eigenvalue weighted by Gasteiger charge is -2.27. The maximum Gasteiger partial charge on any atom is 0.191 e. The lowest BCUT2D eigenvalue weighted by Crippen LogP contribution is -2.42. The molecule has 0 radical (unpaired) electrons. The van der Waals surface area contributed by atoms with Crippen molar-refractivity contribution in [2.45, 2.75) is 25.4 Å². The summed E-state index contributed by atoms with van der Waals surface area (Å²) in [5.41, 5.74) is 1.20. The van der Waals surface area contributed by atoms with Crippen LogP contribution in [0.2, 0.25) is 0 Å². The third-order valence-corrected chi connectivity index (χ3v) is 5.73. The van der Waals surface area contributed by atoms with Gasteiger partial charge in [0, 0.05) is 25.0 Å². The molecule has 1 aromatic heterocycles. The SMILES string of the molecule is CN=C(NCc1ccc(OC)cc1)NCC(c1cccs1)N1CCCC1.I. The van der Waals surface area contributed by atoms with Crippen LogP contribution in [0, 0.1) is 0 Å². The van der Waals surface area contributed by atoms with Gasteiger partial charge in [-0.2, -0.15) is 0 Å². The van der Waals surface area contributed by atoms with Crippen molar-refractivity contribution < 1.29 is 4.74 Å².